The van der Waals surface area contributed by atoms with Crippen LogP contribution in [0.15, 0.2) is 29.2 Å². The molecule has 0 heterocycles. The lowest BCUT2D eigenvalue weighted by molar-refractivity contribution is -0.137. The third-order valence-electron chi connectivity index (χ3n) is 5.36. The number of sulfone groups is 1. The highest BCUT2D eigenvalue weighted by molar-refractivity contribution is 7.92. The highest BCUT2D eigenvalue weighted by Crippen LogP contribution is 2.41. The molecule has 1 fully saturated rings. The summed E-state index contributed by atoms with van der Waals surface area (Å²) in [5.74, 6) is 0. The second kappa shape index (κ2) is 9.40. The molecule has 1 aromatic rings. The van der Waals surface area contributed by atoms with E-state index in [1.807, 2.05) is 0 Å². The van der Waals surface area contributed by atoms with E-state index in [0.717, 1.165) is 18.2 Å². The molecule has 33 heavy (non-hydrogen) atoms. The molecule has 6 nitrogen and oxygen atoms in total. The van der Waals surface area contributed by atoms with E-state index in [0.29, 0.717) is 12.6 Å². The Morgan fingerprint density at radius 3 is 2.21 bits per heavy atom. The van der Waals surface area contributed by atoms with Gasteiger partial charge in [-0.05, 0) is 78.5 Å². The van der Waals surface area contributed by atoms with Gasteiger partial charge in [-0.15, -0.1) is 0 Å². The third kappa shape index (κ3) is 7.30. The Hall–Kier alpha value is -1.88. The van der Waals surface area contributed by atoms with E-state index in [4.69, 9.17) is 4.74 Å². The number of alkyl carbamates (subject to hydrolysis) is 1. The topological polar surface area (TPSA) is 84.5 Å². The lowest BCUT2D eigenvalue weighted by atomic mass is 9.92. The number of hydrogen-bond acceptors (Lipinski definition) is 5. The van der Waals surface area contributed by atoms with Crippen molar-refractivity contribution in [2.45, 2.75) is 93.6 Å². The molecule has 0 atom stereocenters. The number of benzene rings is 1. The minimum atomic E-state index is -4.73. The summed E-state index contributed by atoms with van der Waals surface area (Å²) in [7, 11) is -4.61. The first-order chi connectivity index (χ1) is 14.8. The molecule has 11 heteroatoms. The molecule has 0 bridgehead atoms. The first-order valence-electron chi connectivity index (χ1n) is 10.7. The molecule has 0 spiro atoms. The summed E-state index contributed by atoms with van der Waals surface area (Å²) in [5.41, 5.74) is -2.47. The van der Waals surface area contributed by atoms with Crippen molar-refractivity contribution in [3.63, 3.8) is 0 Å². The number of halogens is 4. The summed E-state index contributed by atoms with van der Waals surface area (Å²) in [5, 5.41) is 3.31. The van der Waals surface area contributed by atoms with E-state index < -0.39 is 48.7 Å². The maximum absolute atomic E-state index is 15.5. The number of hydrogen-bond donors (Lipinski definition) is 2. The van der Waals surface area contributed by atoms with Gasteiger partial charge in [0.15, 0.2) is 0 Å². The van der Waals surface area contributed by atoms with Crippen LogP contribution in [0, 0.1) is 0 Å². The van der Waals surface area contributed by atoms with E-state index >= 15 is 4.39 Å². The minimum absolute atomic E-state index is 0.178. The Morgan fingerprint density at radius 1 is 1.12 bits per heavy atom. The van der Waals surface area contributed by atoms with Crippen molar-refractivity contribution in [1.82, 2.24) is 10.6 Å². The van der Waals surface area contributed by atoms with E-state index in [1.54, 1.807) is 34.6 Å². The first kappa shape index (κ1) is 27.4. The number of rotatable bonds is 6. The van der Waals surface area contributed by atoms with Gasteiger partial charge in [0, 0.05) is 12.6 Å². The van der Waals surface area contributed by atoms with Gasteiger partial charge >= 0.3 is 12.3 Å². The van der Waals surface area contributed by atoms with Crippen molar-refractivity contribution in [2.24, 2.45) is 0 Å². The number of amides is 1. The van der Waals surface area contributed by atoms with Crippen molar-refractivity contribution < 1.29 is 35.5 Å². The quantitative estimate of drug-likeness (QED) is 0.543. The van der Waals surface area contributed by atoms with E-state index in [2.05, 4.69) is 10.6 Å². The number of ether oxygens (including phenoxy) is 1. The van der Waals surface area contributed by atoms with Gasteiger partial charge in [0.05, 0.1) is 16.0 Å². The van der Waals surface area contributed by atoms with Crippen LogP contribution in [0.25, 0.3) is 0 Å². The Balaban J connectivity index is 1.98. The number of alkyl halides is 4. The second-order valence-corrected chi connectivity index (χ2v) is 12.3. The molecule has 0 aliphatic heterocycles. The molecule has 188 valence electrons. The average molecular weight is 497 g/mol. The summed E-state index contributed by atoms with van der Waals surface area (Å²) in [6.07, 6.45) is -5.63. The standard InChI is InChI=1S/C22H32F4N2O4S/c1-19(2,3)32-18(29)28-20(4,5)14-27-16-9-11-21(23,12-10-16)33(30,31)17-8-6-7-15(13-17)22(24,25)26/h6-8,13,16,27H,9-12,14H2,1-5H3,(H,28,29). The van der Waals surface area contributed by atoms with Gasteiger partial charge < -0.3 is 15.4 Å². The zero-order valence-electron chi connectivity index (χ0n) is 19.5. The Bertz CT molecular complexity index is 948. The zero-order valence-corrected chi connectivity index (χ0v) is 20.3. The smallest absolute Gasteiger partial charge is 0.416 e. The molecule has 0 unspecified atom stereocenters. The van der Waals surface area contributed by atoms with Crippen molar-refractivity contribution >= 4 is 15.9 Å². The Kier molecular flexibility index (Phi) is 7.80. The predicted molar refractivity (Wildman–Crippen MR) is 116 cm³/mol. The van der Waals surface area contributed by atoms with Gasteiger partial charge in [-0.2, -0.15) is 13.2 Å². The van der Waals surface area contributed by atoms with Crippen LogP contribution in [0.4, 0.5) is 22.4 Å². The molecule has 1 amide bonds. The van der Waals surface area contributed by atoms with Gasteiger partial charge in [-0.1, -0.05) is 6.07 Å². The zero-order chi connectivity index (χ0) is 25.3. The van der Waals surface area contributed by atoms with Gasteiger partial charge in [0.25, 0.3) is 0 Å². The molecule has 1 saturated carbocycles. The van der Waals surface area contributed by atoms with Crippen LogP contribution in [0.5, 0.6) is 0 Å². The fourth-order valence-corrected chi connectivity index (χ4v) is 5.33. The van der Waals surface area contributed by atoms with Crippen LogP contribution < -0.4 is 10.6 Å². The van der Waals surface area contributed by atoms with Crippen LogP contribution >= 0.6 is 0 Å². The van der Waals surface area contributed by atoms with Crippen LogP contribution in [-0.2, 0) is 20.8 Å². The lowest BCUT2D eigenvalue weighted by Gasteiger charge is -2.36. The fraction of sp³-hybridized carbons (Fsp3) is 0.682. The molecule has 1 aliphatic carbocycles. The van der Waals surface area contributed by atoms with Crippen molar-refractivity contribution in [3.8, 4) is 0 Å². The van der Waals surface area contributed by atoms with Crippen LogP contribution in [0.1, 0.15) is 65.9 Å². The van der Waals surface area contributed by atoms with Gasteiger partial charge in [0.2, 0.25) is 14.8 Å². The van der Waals surface area contributed by atoms with Crippen molar-refractivity contribution in [2.75, 3.05) is 6.54 Å². The normalized spacial score (nSPS) is 22.6. The number of carbonyl (C=O) groups excluding carboxylic acids is 1. The van der Waals surface area contributed by atoms with Crippen molar-refractivity contribution in [1.29, 1.82) is 0 Å². The largest absolute Gasteiger partial charge is 0.444 e. The third-order valence-corrected chi connectivity index (χ3v) is 7.60. The minimum Gasteiger partial charge on any atom is -0.444 e. The molecule has 1 aliphatic rings. The van der Waals surface area contributed by atoms with Crippen LogP contribution in [0.3, 0.4) is 0 Å². The highest BCUT2D eigenvalue weighted by atomic mass is 32.2. The van der Waals surface area contributed by atoms with E-state index in [-0.39, 0.29) is 31.7 Å². The molecule has 2 rings (SSSR count). The van der Waals surface area contributed by atoms with E-state index in [1.165, 1.54) is 0 Å². The summed E-state index contributed by atoms with van der Waals surface area (Å²) >= 11 is 0. The summed E-state index contributed by atoms with van der Waals surface area (Å²) in [6.45, 7) is 9.13. The first-order valence-corrected chi connectivity index (χ1v) is 12.2. The molecular weight excluding hydrogens is 464 g/mol. The lowest BCUT2D eigenvalue weighted by Crippen LogP contribution is -2.54. The van der Waals surface area contributed by atoms with Gasteiger partial charge in [0.1, 0.15) is 5.60 Å². The molecule has 0 saturated heterocycles. The Labute approximate surface area is 192 Å². The predicted octanol–water partition coefficient (Wildman–Crippen LogP) is 4.98. The summed E-state index contributed by atoms with van der Waals surface area (Å²) < 4.78 is 85.2. The summed E-state index contributed by atoms with van der Waals surface area (Å²) in [6, 6.07) is 2.97. The maximum atomic E-state index is 15.5. The molecule has 1 aromatic carbocycles. The SMILES string of the molecule is CC(C)(CNC1CCC(F)(S(=O)(=O)c2cccc(C(F)(F)F)c2)CC1)NC(=O)OC(C)(C)C. The summed E-state index contributed by atoms with van der Waals surface area (Å²) in [4.78, 5) is 11.3. The second-order valence-electron chi connectivity index (χ2n) is 10.1. The maximum Gasteiger partial charge on any atom is 0.416 e. The van der Waals surface area contributed by atoms with Crippen LogP contribution in [-0.4, -0.2) is 43.2 Å². The number of nitrogens with one attached hydrogen (secondary N) is 2. The van der Waals surface area contributed by atoms with Gasteiger partial charge in [-0.25, -0.2) is 17.6 Å². The molecular formula is C22H32F4N2O4S. The van der Waals surface area contributed by atoms with Gasteiger partial charge in [-0.3, -0.25) is 0 Å². The molecule has 2 N–H and O–H groups in total. The average Bonchev–Trinajstić information content (AvgIpc) is 2.65. The van der Waals surface area contributed by atoms with Crippen LogP contribution in [0.2, 0.25) is 0 Å². The highest BCUT2D eigenvalue weighted by Gasteiger charge is 2.48. The monoisotopic (exact) mass is 496 g/mol. The molecule has 0 aromatic heterocycles. The fourth-order valence-electron chi connectivity index (χ4n) is 3.60. The van der Waals surface area contributed by atoms with Crippen molar-refractivity contribution in [3.05, 3.63) is 29.8 Å². The Morgan fingerprint density at radius 2 is 1.70 bits per heavy atom. The van der Waals surface area contributed by atoms with E-state index in [9.17, 15) is 26.4 Å². The number of carbonyl (C=O) groups is 1. The molecule has 0 radical (unpaired) electrons.